The summed E-state index contributed by atoms with van der Waals surface area (Å²) in [5.74, 6) is -0.250. The van der Waals surface area contributed by atoms with Gasteiger partial charge in [0.25, 0.3) is 5.91 Å². The zero-order valence-corrected chi connectivity index (χ0v) is 12.3. The second-order valence-electron chi connectivity index (χ2n) is 4.63. The lowest BCUT2D eigenvalue weighted by Crippen LogP contribution is -2.31. The van der Waals surface area contributed by atoms with Crippen LogP contribution in [0.1, 0.15) is 5.56 Å². The third-order valence-corrected chi connectivity index (χ3v) is 3.25. The average Bonchev–Trinajstić information content (AvgIpc) is 2.94. The number of benzene rings is 2. The second-order valence-corrected chi connectivity index (χ2v) is 5.07. The Kier molecular flexibility index (Phi) is 4.20. The summed E-state index contributed by atoms with van der Waals surface area (Å²) < 4.78 is 0. The van der Waals surface area contributed by atoms with Crippen LogP contribution in [0.15, 0.2) is 48.5 Å². The summed E-state index contributed by atoms with van der Waals surface area (Å²) in [6.07, 6.45) is 0. The van der Waals surface area contributed by atoms with Gasteiger partial charge in [0.05, 0.1) is 0 Å². The number of hydrogen-bond donors (Lipinski definition) is 1. The molecule has 1 amide bonds. The number of para-hydroxylation sites is 1. The first-order chi connectivity index (χ1) is 10.7. The fourth-order valence-corrected chi connectivity index (χ4v) is 2.17. The molecule has 1 heterocycles. The molecule has 1 N–H and O–H groups in total. The largest absolute Gasteiger partial charge is 0.385 e. The lowest BCUT2D eigenvalue weighted by molar-refractivity contribution is -0.126. The van der Waals surface area contributed by atoms with Crippen LogP contribution in [0, 0.1) is 0 Å². The van der Waals surface area contributed by atoms with E-state index in [2.05, 4.69) is 15.6 Å². The quantitative estimate of drug-likeness (QED) is 0.779. The maximum Gasteiger partial charge on any atom is 0.261 e. The SMILES string of the molecule is O=C(COn1nnc2ccccc21)NCc1cccc(Cl)c1. The van der Waals surface area contributed by atoms with Crippen molar-refractivity contribution >= 4 is 28.5 Å². The van der Waals surface area contributed by atoms with E-state index in [1.807, 2.05) is 36.4 Å². The van der Waals surface area contributed by atoms with Gasteiger partial charge in [0.1, 0.15) is 11.0 Å². The van der Waals surface area contributed by atoms with E-state index in [1.165, 1.54) is 4.85 Å². The molecule has 3 rings (SSSR count). The predicted octanol–water partition coefficient (Wildman–Crippen LogP) is 1.83. The van der Waals surface area contributed by atoms with E-state index in [4.69, 9.17) is 16.4 Å². The minimum atomic E-state index is -0.250. The van der Waals surface area contributed by atoms with Gasteiger partial charge in [0, 0.05) is 11.6 Å². The molecule has 2 aromatic carbocycles. The Morgan fingerprint density at radius 3 is 2.95 bits per heavy atom. The average molecular weight is 317 g/mol. The van der Waals surface area contributed by atoms with E-state index in [0.717, 1.165) is 5.56 Å². The first-order valence-corrected chi connectivity index (χ1v) is 7.05. The normalized spacial score (nSPS) is 10.6. The van der Waals surface area contributed by atoms with Gasteiger partial charge in [-0.3, -0.25) is 4.79 Å². The minimum Gasteiger partial charge on any atom is -0.385 e. The molecular formula is C15H13ClN4O2. The molecule has 112 valence electrons. The van der Waals surface area contributed by atoms with Gasteiger partial charge >= 0.3 is 0 Å². The van der Waals surface area contributed by atoms with Crippen molar-refractivity contribution in [1.82, 2.24) is 20.5 Å². The predicted molar refractivity (Wildman–Crippen MR) is 82.3 cm³/mol. The molecule has 0 fully saturated rings. The van der Waals surface area contributed by atoms with Gasteiger partial charge in [0.2, 0.25) is 0 Å². The van der Waals surface area contributed by atoms with E-state index in [1.54, 1.807) is 12.1 Å². The number of fused-ring (bicyclic) bond motifs is 1. The Hall–Kier alpha value is -2.60. The summed E-state index contributed by atoms with van der Waals surface area (Å²) in [6.45, 7) is 0.245. The zero-order valence-electron chi connectivity index (χ0n) is 11.6. The van der Waals surface area contributed by atoms with E-state index >= 15 is 0 Å². The van der Waals surface area contributed by atoms with E-state index in [-0.39, 0.29) is 12.5 Å². The van der Waals surface area contributed by atoms with Gasteiger partial charge in [-0.2, -0.15) is 0 Å². The summed E-state index contributed by atoms with van der Waals surface area (Å²) in [5.41, 5.74) is 2.35. The molecule has 1 aromatic heterocycles. The van der Waals surface area contributed by atoms with Crippen LogP contribution < -0.4 is 10.2 Å². The monoisotopic (exact) mass is 316 g/mol. The summed E-state index contributed by atoms with van der Waals surface area (Å²) >= 11 is 5.89. The lowest BCUT2D eigenvalue weighted by Gasteiger charge is -2.07. The number of halogens is 1. The van der Waals surface area contributed by atoms with Crippen molar-refractivity contribution in [2.75, 3.05) is 6.61 Å². The summed E-state index contributed by atoms with van der Waals surface area (Å²) in [6, 6.07) is 14.7. The Morgan fingerprint density at radius 1 is 1.23 bits per heavy atom. The van der Waals surface area contributed by atoms with Crippen LogP contribution in [0.3, 0.4) is 0 Å². The Morgan fingerprint density at radius 2 is 2.09 bits per heavy atom. The van der Waals surface area contributed by atoms with Gasteiger partial charge in [-0.25, -0.2) is 0 Å². The van der Waals surface area contributed by atoms with Crippen molar-refractivity contribution in [1.29, 1.82) is 0 Å². The van der Waals surface area contributed by atoms with Crippen LogP contribution >= 0.6 is 11.6 Å². The van der Waals surface area contributed by atoms with Crippen molar-refractivity contribution < 1.29 is 9.63 Å². The molecule has 0 saturated heterocycles. The molecule has 0 aliphatic rings. The molecule has 7 heteroatoms. The van der Waals surface area contributed by atoms with E-state index in [9.17, 15) is 4.79 Å². The molecule has 0 aliphatic carbocycles. The van der Waals surface area contributed by atoms with Gasteiger partial charge < -0.3 is 10.2 Å². The number of nitrogens with zero attached hydrogens (tertiary/aromatic N) is 3. The summed E-state index contributed by atoms with van der Waals surface area (Å²) in [4.78, 5) is 18.4. The van der Waals surface area contributed by atoms with Crippen LogP contribution in [0.5, 0.6) is 0 Å². The molecule has 0 radical (unpaired) electrons. The van der Waals surface area contributed by atoms with Crippen molar-refractivity contribution in [3.05, 3.63) is 59.1 Å². The van der Waals surface area contributed by atoms with Crippen LogP contribution in [0.2, 0.25) is 5.02 Å². The highest BCUT2D eigenvalue weighted by Gasteiger charge is 2.07. The highest BCUT2D eigenvalue weighted by molar-refractivity contribution is 6.30. The number of carbonyl (C=O) groups is 1. The standard InChI is InChI=1S/C15H13ClN4O2/c16-12-5-3-4-11(8-12)9-17-15(21)10-22-20-14-7-2-1-6-13(14)18-19-20/h1-8H,9-10H2,(H,17,21). The van der Waals surface area contributed by atoms with Gasteiger partial charge in [0.15, 0.2) is 6.61 Å². The van der Waals surface area contributed by atoms with Crippen LogP contribution in [0.25, 0.3) is 11.0 Å². The van der Waals surface area contributed by atoms with E-state index in [0.29, 0.717) is 22.6 Å². The number of hydrogen-bond acceptors (Lipinski definition) is 4. The van der Waals surface area contributed by atoms with E-state index < -0.39 is 0 Å². The van der Waals surface area contributed by atoms with Gasteiger partial charge in [-0.1, -0.05) is 40.7 Å². The zero-order chi connectivity index (χ0) is 15.4. The van der Waals surface area contributed by atoms with Gasteiger partial charge in [-0.15, -0.1) is 5.10 Å². The van der Waals surface area contributed by atoms with Crippen molar-refractivity contribution in [3.8, 4) is 0 Å². The third-order valence-electron chi connectivity index (χ3n) is 3.02. The van der Waals surface area contributed by atoms with Crippen molar-refractivity contribution in [3.63, 3.8) is 0 Å². The topological polar surface area (TPSA) is 69.0 Å². The number of aromatic nitrogens is 3. The Bertz CT molecular complexity index is 803. The number of nitrogens with one attached hydrogen (secondary N) is 1. The number of carbonyl (C=O) groups excluding carboxylic acids is 1. The third kappa shape index (κ3) is 3.35. The fourth-order valence-electron chi connectivity index (χ4n) is 1.96. The first kappa shape index (κ1) is 14.3. The maximum absolute atomic E-state index is 11.8. The highest BCUT2D eigenvalue weighted by atomic mass is 35.5. The molecule has 6 nitrogen and oxygen atoms in total. The molecule has 22 heavy (non-hydrogen) atoms. The molecule has 0 atom stereocenters. The molecule has 0 unspecified atom stereocenters. The lowest BCUT2D eigenvalue weighted by atomic mass is 10.2. The second kappa shape index (κ2) is 6.44. The molecule has 0 spiro atoms. The molecule has 3 aromatic rings. The van der Waals surface area contributed by atoms with Crippen LogP contribution in [-0.4, -0.2) is 27.7 Å². The molecular weight excluding hydrogens is 304 g/mol. The van der Waals surface area contributed by atoms with Crippen molar-refractivity contribution in [2.45, 2.75) is 6.54 Å². The Balaban J connectivity index is 1.54. The van der Waals surface area contributed by atoms with Crippen molar-refractivity contribution in [2.24, 2.45) is 0 Å². The molecule has 0 bridgehead atoms. The summed E-state index contributed by atoms with van der Waals surface area (Å²) in [5, 5.41) is 11.2. The fraction of sp³-hybridized carbons (Fsp3) is 0.133. The minimum absolute atomic E-state index is 0.145. The molecule has 0 aliphatic heterocycles. The Labute approximate surface area is 131 Å². The van der Waals surface area contributed by atoms with Crippen LogP contribution in [0.4, 0.5) is 0 Å². The first-order valence-electron chi connectivity index (χ1n) is 6.67. The highest BCUT2D eigenvalue weighted by Crippen LogP contribution is 2.10. The number of rotatable bonds is 5. The van der Waals surface area contributed by atoms with Gasteiger partial charge in [-0.05, 0) is 35.0 Å². The number of amides is 1. The smallest absolute Gasteiger partial charge is 0.261 e. The maximum atomic E-state index is 11.8. The summed E-state index contributed by atoms with van der Waals surface area (Å²) in [7, 11) is 0. The molecule has 0 saturated carbocycles. The van der Waals surface area contributed by atoms with Crippen LogP contribution in [-0.2, 0) is 11.3 Å².